The van der Waals surface area contributed by atoms with Gasteiger partial charge >= 0.3 is 0 Å². The molecule has 7 aromatic carbocycles. The minimum absolute atomic E-state index is 0. The van der Waals surface area contributed by atoms with E-state index in [2.05, 4.69) is 153 Å². The second-order valence-electron chi connectivity index (χ2n) is 22.7. The van der Waals surface area contributed by atoms with Crippen molar-refractivity contribution < 1.29 is 75.7 Å². The summed E-state index contributed by atoms with van der Waals surface area (Å²) in [6.07, 6.45) is 3.73. The lowest BCUT2D eigenvalue weighted by atomic mass is 9.85. The van der Waals surface area contributed by atoms with Crippen molar-refractivity contribution in [3.8, 4) is 0 Å². The van der Waals surface area contributed by atoms with Crippen LogP contribution < -0.4 is 26.0 Å². The van der Waals surface area contributed by atoms with Crippen LogP contribution in [0.1, 0.15) is 52.3 Å². The highest BCUT2D eigenvalue weighted by Gasteiger charge is 2.35. The summed E-state index contributed by atoms with van der Waals surface area (Å²) in [5.74, 6) is 0. The molecule has 0 radical (unpaired) electrons. The largest absolute Gasteiger partial charge is 1.00 e. The van der Waals surface area contributed by atoms with Gasteiger partial charge in [-0.1, -0.05) is 145 Å². The molecule has 7 N–H and O–H groups in total. The molecular weight excluding hydrogens is 1350 g/mol. The molecule has 2 saturated heterocycles. The van der Waals surface area contributed by atoms with Crippen molar-refractivity contribution in [3.63, 3.8) is 0 Å². The molecule has 2 aliphatic carbocycles. The first kappa shape index (κ1) is 89.4. The van der Waals surface area contributed by atoms with Crippen molar-refractivity contribution in [2.75, 3.05) is 137 Å². The highest BCUT2D eigenvalue weighted by Crippen LogP contribution is 2.29. The maximum absolute atomic E-state index is 11.7. The lowest BCUT2D eigenvalue weighted by molar-refractivity contribution is -0.0000396. The number of aryl methyl sites for hydroxylation is 3. The zero-order valence-electron chi connectivity index (χ0n) is 58.9. The van der Waals surface area contributed by atoms with Crippen molar-refractivity contribution in [1.82, 2.24) is 9.80 Å². The number of piperazine rings is 2. The summed E-state index contributed by atoms with van der Waals surface area (Å²) in [6, 6.07) is 57.9. The van der Waals surface area contributed by atoms with Crippen LogP contribution in [0.3, 0.4) is 0 Å². The van der Waals surface area contributed by atoms with Gasteiger partial charge in [0.15, 0.2) is 0 Å². The number of rotatable bonds is 18. The number of aliphatic hydroxyl groups excluding tert-OH is 3. The van der Waals surface area contributed by atoms with Gasteiger partial charge in [0, 0.05) is 103 Å². The summed E-state index contributed by atoms with van der Waals surface area (Å²) in [7, 11) is -5.63. The number of ether oxygens (including phenoxy) is 1. The molecule has 0 saturated carbocycles. The number of alkyl halides is 3. The first-order valence-corrected chi connectivity index (χ1v) is 37.2. The first-order valence-electron chi connectivity index (χ1n) is 32.9. The fraction of sp³-hybridized carbons (Fsp3) is 0.432. The Bertz CT molecular complexity index is 3320. The summed E-state index contributed by atoms with van der Waals surface area (Å²) >= 11 is 0. The molecule has 556 valence electrons. The Morgan fingerprint density at radius 2 is 0.660 bits per heavy atom. The van der Waals surface area contributed by atoms with Crippen LogP contribution in [-0.4, -0.2) is 202 Å². The van der Waals surface area contributed by atoms with Gasteiger partial charge in [0.25, 0.3) is 30.4 Å². The minimum atomic E-state index is -3.78. The highest BCUT2D eigenvalue weighted by atomic mass is 32.2. The van der Waals surface area contributed by atoms with Crippen molar-refractivity contribution in [1.29, 1.82) is 0 Å². The van der Waals surface area contributed by atoms with Crippen LogP contribution in [0.15, 0.2) is 197 Å². The molecule has 4 aliphatic rings. The fourth-order valence-corrected chi connectivity index (χ4v) is 13.6. The maximum atomic E-state index is 11.7. The van der Waals surface area contributed by atoms with Crippen molar-refractivity contribution in [2.24, 2.45) is 11.5 Å². The zero-order valence-corrected chi connectivity index (χ0v) is 61.3. The van der Waals surface area contributed by atoms with Gasteiger partial charge in [0.2, 0.25) is 0 Å². The van der Waals surface area contributed by atoms with E-state index in [0.717, 1.165) is 102 Å². The summed E-state index contributed by atoms with van der Waals surface area (Å²) in [4.78, 5) is 10.2. The van der Waals surface area contributed by atoms with Crippen LogP contribution in [0.2, 0.25) is 0 Å². The van der Waals surface area contributed by atoms with Crippen LogP contribution in [0.4, 0.5) is 24.5 Å². The Kier molecular flexibility index (Phi) is 43.8. The number of methoxy groups -OCH3 is 1. The Balaban J connectivity index is 0.000000416. The van der Waals surface area contributed by atoms with Gasteiger partial charge in [-0.3, -0.25) is 22.3 Å². The average Bonchev–Trinajstić information content (AvgIpc) is 0.801. The number of halogens is 4. The number of fused-ring (bicyclic) bond motifs is 2. The predicted molar refractivity (Wildman–Crippen MR) is 389 cm³/mol. The lowest BCUT2D eigenvalue weighted by Crippen LogP contribution is -3.00. The fourth-order valence-electron chi connectivity index (χ4n) is 10.9. The Labute approximate surface area is 592 Å². The third kappa shape index (κ3) is 30.5. The van der Waals surface area contributed by atoms with Crippen molar-refractivity contribution in [3.05, 3.63) is 221 Å². The first-order chi connectivity index (χ1) is 47.7. The standard InChI is InChI=1S/2C20H24N2O.C10H14O3S.2C9H11FO3S.C3H7FO.2CH5N.CH4O.FH/c2*23-20-15-17-7-5-4-6-16(17)14-19(20)22-12-10-21(11-13-22)18-8-2-1-3-9-18;1-3-8-13-14(11,12)10-6-4-9(2)5-7-10;2*1-8-2-4-9(5-3-8)14(11,12)13-7-6-10;1-5-3-2-4;3*1-2;/h2*1-9,19-20,23H,10-15H2;4-7H,3,8H2,1-2H3;2*2-5H,6-7H2,1H3;2-3H2,1H3;2*2H2,1H3;2H,1H3;1H/p-1/t2*19-,20-;;;;;;;;/m11......../s1/i;;;2*10-1;4-1;;;;1-1. The molecule has 0 unspecified atom stereocenters. The molecule has 7 aromatic rings. The van der Waals surface area contributed by atoms with E-state index in [9.17, 15) is 48.6 Å². The van der Waals surface area contributed by atoms with E-state index in [0.29, 0.717) is 6.42 Å². The van der Waals surface area contributed by atoms with Crippen LogP contribution in [0.5, 0.6) is 0 Å². The van der Waals surface area contributed by atoms with E-state index in [-0.39, 0.29) is 63.6 Å². The number of hydrogen-bond donors (Lipinski definition) is 5. The van der Waals surface area contributed by atoms with E-state index in [1.807, 2.05) is 27.7 Å². The number of anilines is 2. The van der Waals surface area contributed by atoms with Crippen molar-refractivity contribution in [2.45, 2.75) is 98.8 Å². The Hall–Kier alpha value is -6.73. The second kappa shape index (κ2) is 49.0. The SMILES string of the molecule is CCCOS(=O)(=O)c1ccc(C)cc1.CN.CN.CO.COCC[18F].Cc1ccc(S(=O)(=O)OCC[18F])cc1.Cc1ccc(S(=O)(=O)OCC[18F])cc1.O[C@@H]1Cc2ccccc2C[C@H]1N1CCN(c2ccccc2)CC1.O[C@@H]1Cc2ccccc2C[C@H]1N1CCN(c2ccccc2)CC1.[18F-]. The zero-order chi connectivity index (χ0) is 73.2. The topological polar surface area (TPSA) is 265 Å². The maximum Gasteiger partial charge on any atom is 0.297 e. The van der Waals surface area contributed by atoms with Gasteiger partial charge in [-0.05, 0) is 137 Å². The monoisotopic (exact) mass is 1450 g/mol. The molecule has 19 nitrogen and oxygen atoms in total. The molecular formula is C74H105F4N6O13S3-. The summed E-state index contributed by atoms with van der Waals surface area (Å²) in [5, 5.41) is 28.2. The van der Waals surface area contributed by atoms with E-state index in [4.69, 9.17) is 9.29 Å². The molecule has 100 heavy (non-hydrogen) atoms. The van der Waals surface area contributed by atoms with E-state index in [1.54, 1.807) is 48.5 Å². The van der Waals surface area contributed by atoms with Gasteiger partial charge in [-0.15, -0.1) is 0 Å². The molecule has 2 heterocycles. The van der Waals surface area contributed by atoms with Crippen LogP contribution >= 0.6 is 0 Å². The predicted octanol–water partition coefficient (Wildman–Crippen LogP) is 6.49. The molecule has 0 amide bonds. The van der Waals surface area contributed by atoms with Crippen LogP contribution in [0, 0.1) is 20.8 Å². The van der Waals surface area contributed by atoms with Gasteiger partial charge in [-0.2, -0.15) is 25.3 Å². The van der Waals surface area contributed by atoms with E-state index < -0.39 is 56.9 Å². The number of benzene rings is 7. The second-order valence-corrected chi connectivity index (χ2v) is 27.5. The number of nitrogens with two attached hydrogens (primary N) is 2. The average molecular weight is 1450 g/mol. The molecule has 2 aliphatic heterocycles. The molecule has 26 heteroatoms. The summed E-state index contributed by atoms with van der Waals surface area (Å²) in [5.41, 5.74) is 20.0. The Morgan fingerprint density at radius 1 is 0.400 bits per heavy atom. The molecule has 4 atom stereocenters. The van der Waals surface area contributed by atoms with Crippen LogP contribution in [-0.2, 0) is 73.3 Å². The third-order valence-electron chi connectivity index (χ3n) is 15.9. The number of aliphatic hydroxyl groups is 3. The highest BCUT2D eigenvalue weighted by molar-refractivity contribution is 7.87. The van der Waals surface area contributed by atoms with Gasteiger partial charge in [0.1, 0.15) is 20.0 Å². The van der Waals surface area contributed by atoms with Gasteiger partial charge < -0.3 is 46.0 Å². The van der Waals surface area contributed by atoms with Crippen molar-refractivity contribution >= 4 is 41.7 Å². The Morgan fingerprint density at radius 3 is 0.910 bits per heavy atom. The molecule has 11 rings (SSSR count). The number of para-hydroxylation sites is 2. The van der Waals surface area contributed by atoms with Crippen LogP contribution in [0.25, 0.3) is 0 Å². The molecule has 0 bridgehead atoms. The molecule has 2 fully saturated rings. The normalized spacial score (nSPS) is 17.0. The van der Waals surface area contributed by atoms with E-state index >= 15 is 0 Å². The minimum Gasteiger partial charge on any atom is -1.00 e. The molecule has 0 spiro atoms. The quantitative estimate of drug-likeness (QED) is 0.0454. The van der Waals surface area contributed by atoms with Gasteiger partial charge in [0.05, 0.1) is 53.3 Å². The summed E-state index contributed by atoms with van der Waals surface area (Å²) < 4.78 is 120. The number of hydrogen-bond acceptors (Lipinski definition) is 19. The number of nitrogens with zero attached hydrogens (tertiary/aromatic N) is 4. The summed E-state index contributed by atoms with van der Waals surface area (Å²) in [6.45, 7) is 13.3. The molecule has 0 aromatic heterocycles. The lowest BCUT2D eigenvalue weighted by Gasteiger charge is -2.43. The third-order valence-corrected chi connectivity index (χ3v) is 19.9. The van der Waals surface area contributed by atoms with E-state index in [1.165, 1.54) is 79.1 Å². The van der Waals surface area contributed by atoms with Gasteiger partial charge in [-0.25, -0.2) is 13.2 Å². The smallest absolute Gasteiger partial charge is 0.297 e.